The van der Waals surface area contributed by atoms with Crippen molar-refractivity contribution < 1.29 is 9.90 Å². The van der Waals surface area contributed by atoms with E-state index in [4.69, 9.17) is 5.11 Å². The Morgan fingerprint density at radius 3 is 2.76 bits per heavy atom. The topological polar surface area (TPSA) is 66.0 Å². The molecule has 0 unspecified atom stereocenters. The number of nitrogens with zero attached hydrogens (tertiary/aromatic N) is 1. The largest absolute Gasteiger partial charge is 0.481 e. The molecular formula is C13H16N2O2. The Labute approximate surface area is 99.7 Å². The third kappa shape index (κ3) is 2.16. The van der Waals surface area contributed by atoms with Crippen molar-refractivity contribution in [2.45, 2.75) is 32.6 Å². The van der Waals surface area contributed by atoms with Crippen molar-refractivity contribution >= 4 is 17.0 Å². The predicted octanol–water partition coefficient (Wildman–Crippen LogP) is 2.62. The molecule has 0 bridgehead atoms. The molecule has 0 aliphatic rings. The summed E-state index contributed by atoms with van der Waals surface area (Å²) >= 11 is 0. The second-order valence-corrected chi connectivity index (χ2v) is 5.01. The molecule has 17 heavy (non-hydrogen) atoms. The summed E-state index contributed by atoms with van der Waals surface area (Å²) in [6.45, 7) is 5.76. The van der Waals surface area contributed by atoms with Crippen LogP contribution in [0.5, 0.6) is 0 Å². The highest BCUT2D eigenvalue weighted by Crippen LogP contribution is 2.27. The molecule has 0 atom stereocenters. The van der Waals surface area contributed by atoms with Gasteiger partial charge in [-0.1, -0.05) is 26.0 Å². The van der Waals surface area contributed by atoms with Crippen molar-refractivity contribution in [1.82, 2.24) is 9.97 Å². The van der Waals surface area contributed by atoms with Crippen LogP contribution in [0.3, 0.4) is 0 Å². The highest BCUT2D eigenvalue weighted by atomic mass is 16.4. The molecule has 2 rings (SSSR count). The Bertz CT molecular complexity index is 570. The molecule has 0 amide bonds. The maximum absolute atomic E-state index is 10.8. The van der Waals surface area contributed by atoms with Crippen molar-refractivity contribution in [3.63, 3.8) is 0 Å². The summed E-state index contributed by atoms with van der Waals surface area (Å²) in [6.07, 6.45) is 0.0614. The normalized spacial score (nSPS) is 11.9. The van der Waals surface area contributed by atoms with E-state index in [9.17, 15) is 4.79 Å². The number of nitrogens with one attached hydrogen (secondary N) is 1. The molecule has 0 saturated carbocycles. The van der Waals surface area contributed by atoms with Crippen LogP contribution in [-0.4, -0.2) is 21.0 Å². The zero-order chi connectivity index (χ0) is 12.6. The van der Waals surface area contributed by atoms with Crippen LogP contribution in [-0.2, 0) is 10.2 Å². The predicted molar refractivity (Wildman–Crippen MR) is 66.1 cm³/mol. The van der Waals surface area contributed by atoms with Crippen molar-refractivity contribution in [3.8, 4) is 0 Å². The number of imidazole rings is 1. The number of para-hydroxylation sites is 1. The van der Waals surface area contributed by atoms with Gasteiger partial charge in [-0.25, -0.2) is 4.98 Å². The molecule has 0 radical (unpaired) electrons. The molecule has 0 aliphatic heterocycles. The Morgan fingerprint density at radius 2 is 2.18 bits per heavy atom. The lowest BCUT2D eigenvalue weighted by atomic mass is 9.88. The average molecular weight is 232 g/mol. The van der Waals surface area contributed by atoms with Gasteiger partial charge in [-0.2, -0.15) is 0 Å². The second kappa shape index (κ2) is 3.87. The molecule has 1 heterocycles. The minimum absolute atomic E-state index is 0.0614. The Hall–Kier alpha value is -1.84. The number of hydrogen-bond acceptors (Lipinski definition) is 2. The SMILES string of the molecule is Cc1cccc2[nH]c(C(C)(C)CC(=O)O)nc12. The van der Waals surface area contributed by atoms with Crippen LogP contribution < -0.4 is 0 Å². The molecule has 4 heteroatoms. The van der Waals surface area contributed by atoms with Crippen LogP contribution in [0.1, 0.15) is 31.7 Å². The van der Waals surface area contributed by atoms with Gasteiger partial charge in [0.1, 0.15) is 5.82 Å². The third-order valence-electron chi connectivity index (χ3n) is 2.95. The summed E-state index contributed by atoms with van der Waals surface area (Å²) in [5.41, 5.74) is 2.48. The molecule has 0 aliphatic carbocycles. The van der Waals surface area contributed by atoms with E-state index in [0.29, 0.717) is 0 Å². The minimum atomic E-state index is -0.813. The maximum Gasteiger partial charge on any atom is 0.304 e. The lowest BCUT2D eigenvalue weighted by molar-refractivity contribution is -0.138. The van der Waals surface area contributed by atoms with Gasteiger partial charge in [0.25, 0.3) is 0 Å². The van der Waals surface area contributed by atoms with Crippen LogP contribution in [0.2, 0.25) is 0 Å². The minimum Gasteiger partial charge on any atom is -0.481 e. The fourth-order valence-electron chi connectivity index (χ4n) is 1.96. The number of H-pyrrole nitrogens is 1. The standard InChI is InChI=1S/C13H16N2O2/c1-8-5-4-6-9-11(8)15-12(14-9)13(2,3)7-10(16)17/h4-6H,7H2,1-3H3,(H,14,15)(H,16,17). The van der Waals surface area contributed by atoms with Crippen LogP contribution in [0.25, 0.3) is 11.0 Å². The Kier molecular flexibility index (Phi) is 2.65. The number of carboxylic acid groups (broad SMARTS) is 1. The number of aromatic amines is 1. The maximum atomic E-state index is 10.8. The first-order valence-corrected chi connectivity index (χ1v) is 5.58. The van der Waals surface area contributed by atoms with Crippen molar-refractivity contribution in [2.75, 3.05) is 0 Å². The van der Waals surface area contributed by atoms with Gasteiger partial charge in [0.2, 0.25) is 0 Å². The molecule has 90 valence electrons. The highest BCUT2D eigenvalue weighted by Gasteiger charge is 2.27. The second-order valence-electron chi connectivity index (χ2n) is 5.01. The van der Waals surface area contributed by atoms with Gasteiger partial charge in [-0.3, -0.25) is 4.79 Å². The number of aryl methyl sites for hydroxylation is 1. The zero-order valence-electron chi connectivity index (χ0n) is 10.2. The summed E-state index contributed by atoms with van der Waals surface area (Å²) in [6, 6.07) is 5.91. The van der Waals surface area contributed by atoms with Gasteiger partial charge >= 0.3 is 5.97 Å². The number of hydrogen-bond donors (Lipinski definition) is 2. The molecule has 1 aromatic carbocycles. The number of fused-ring (bicyclic) bond motifs is 1. The Morgan fingerprint density at radius 1 is 1.47 bits per heavy atom. The molecule has 2 aromatic rings. The van der Waals surface area contributed by atoms with Gasteiger partial charge in [0, 0.05) is 5.41 Å². The van der Waals surface area contributed by atoms with Gasteiger partial charge in [-0.15, -0.1) is 0 Å². The molecule has 2 N–H and O–H groups in total. The van der Waals surface area contributed by atoms with E-state index < -0.39 is 11.4 Å². The molecule has 0 saturated heterocycles. The third-order valence-corrected chi connectivity index (χ3v) is 2.95. The van der Waals surface area contributed by atoms with Gasteiger partial charge in [0.05, 0.1) is 17.5 Å². The fourth-order valence-corrected chi connectivity index (χ4v) is 1.96. The van der Waals surface area contributed by atoms with Crippen LogP contribution in [0.4, 0.5) is 0 Å². The Balaban J connectivity index is 2.49. The summed E-state index contributed by atoms with van der Waals surface area (Å²) in [5, 5.41) is 8.90. The smallest absolute Gasteiger partial charge is 0.304 e. The lowest BCUT2D eigenvalue weighted by Gasteiger charge is -2.18. The number of carboxylic acids is 1. The van der Waals surface area contributed by atoms with Gasteiger partial charge < -0.3 is 10.1 Å². The van der Waals surface area contributed by atoms with E-state index >= 15 is 0 Å². The monoisotopic (exact) mass is 232 g/mol. The van der Waals surface area contributed by atoms with E-state index in [1.54, 1.807) is 0 Å². The van der Waals surface area contributed by atoms with E-state index in [0.717, 1.165) is 22.4 Å². The molecule has 1 aromatic heterocycles. The number of aromatic nitrogens is 2. The quantitative estimate of drug-likeness (QED) is 0.854. The zero-order valence-corrected chi connectivity index (χ0v) is 10.2. The van der Waals surface area contributed by atoms with E-state index in [1.807, 2.05) is 39.0 Å². The van der Waals surface area contributed by atoms with Crippen LogP contribution in [0, 0.1) is 6.92 Å². The molecule has 4 nitrogen and oxygen atoms in total. The summed E-state index contributed by atoms with van der Waals surface area (Å²) in [5.74, 6) is -0.0867. The summed E-state index contributed by atoms with van der Waals surface area (Å²) in [7, 11) is 0. The summed E-state index contributed by atoms with van der Waals surface area (Å²) < 4.78 is 0. The van der Waals surface area contributed by atoms with E-state index in [1.165, 1.54) is 0 Å². The van der Waals surface area contributed by atoms with Crippen molar-refractivity contribution in [1.29, 1.82) is 0 Å². The number of rotatable bonds is 3. The first kappa shape index (κ1) is 11.6. The molecular weight excluding hydrogens is 216 g/mol. The molecule has 0 fully saturated rings. The first-order valence-electron chi connectivity index (χ1n) is 5.58. The molecule has 0 spiro atoms. The van der Waals surface area contributed by atoms with Crippen LogP contribution >= 0.6 is 0 Å². The fraction of sp³-hybridized carbons (Fsp3) is 0.385. The number of aliphatic carboxylic acids is 1. The average Bonchev–Trinajstić information content (AvgIpc) is 2.61. The van der Waals surface area contributed by atoms with Crippen molar-refractivity contribution in [3.05, 3.63) is 29.6 Å². The lowest BCUT2D eigenvalue weighted by Crippen LogP contribution is -2.23. The van der Waals surface area contributed by atoms with Crippen LogP contribution in [0.15, 0.2) is 18.2 Å². The van der Waals surface area contributed by atoms with Gasteiger partial charge in [-0.05, 0) is 18.6 Å². The van der Waals surface area contributed by atoms with E-state index in [2.05, 4.69) is 9.97 Å². The first-order chi connectivity index (χ1) is 7.90. The number of carbonyl (C=O) groups is 1. The summed E-state index contributed by atoms with van der Waals surface area (Å²) in [4.78, 5) is 18.6. The number of benzene rings is 1. The van der Waals surface area contributed by atoms with Crippen molar-refractivity contribution in [2.24, 2.45) is 0 Å². The van der Waals surface area contributed by atoms with Gasteiger partial charge in [0.15, 0.2) is 0 Å². The highest BCUT2D eigenvalue weighted by molar-refractivity contribution is 5.79. The van der Waals surface area contributed by atoms with E-state index in [-0.39, 0.29) is 6.42 Å².